The number of amides is 3. The minimum atomic E-state index is -0.583. The number of benzene rings is 3. The molecule has 3 rings (SSSR count). The van der Waals surface area contributed by atoms with Crippen LogP contribution < -0.4 is 16.0 Å². The first kappa shape index (κ1) is 21.3. The Bertz CT molecular complexity index is 957. The molecule has 0 aliphatic rings. The van der Waals surface area contributed by atoms with Crippen molar-refractivity contribution in [1.82, 2.24) is 10.6 Å². The first-order chi connectivity index (χ1) is 14.6. The number of nitrogens with one attached hydrogen (secondary N) is 2. The van der Waals surface area contributed by atoms with Gasteiger partial charge in [0.2, 0.25) is 0 Å². The monoisotopic (exact) mass is 402 g/mol. The van der Waals surface area contributed by atoms with Crippen molar-refractivity contribution < 1.29 is 14.9 Å². The first-order valence-corrected chi connectivity index (χ1v) is 10.2. The highest BCUT2D eigenvalue weighted by atomic mass is 16.2. The summed E-state index contributed by atoms with van der Waals surface area (Å²) in [4.78, 5) is 25.1. The van der Waals surface area contributed by atoms with Gasteiger partial charge in [-0.1, -0.05) is 90.5 Å². The van der Waals surface area contributed by atoms with Crippen LogP contribution in [0.3, 0.4) is 0 Å². The molecule has 5 heteroatoms. The molecule has 0 bridgehead atoms. The maximum absolute atomic E-state index is 13.1. The largest absolute Gasteiger partial charge is 0.338 e. The Labute approximate surface area is 177 Å². The van der Waals surface area contributed by atoms with Crippen molar-refractivity contribution >= 4 is 11.9 Å². The molecular weight excluding hydrogens is 374 g/mol. The fraction of sp³-hybridized carbons (Fsp3) is 0.200. The molecule has 0 radical (unpaired) electrons. The second kappa shape index (κ2) is 10.4. The average Bonchev–Trinajstić information content (AvgIpc) is 2.76. The van der Waals surface area contributed by atoms with Crippen molar-refractivity contribution in [2.24, 2.45) is 0 Å². The van der Waals surface area contributed by atoms with Crippen LogP contribution in [-0.4, -0.2) is 18.5 Å². The van der Waals surface area contributed by atoms with Gasteiger partial charge in [-0.25, -0.2) is 4.79 Å². The van der Waals surface area contributed by atoms with Gasteiger partial charge < -0.3 is 10.6 Å². The minimum Gasteiger partial charge on any atom is -0.338 e. The summed E-state index contributed by atoms with van der Waals surface area (Å²) in [5, 5.41) is 7.12. The topological polar surface area (TPSA) is 74.8 Å². The Morgan fingerprint density at radius 2 is 1.33 bits per heavy atom. The number of aryl methyl sites for hydroxylation is 1. The van der Waals surface area contributed by atoms with Gasteiger partial charge in [-0.05, 0) is 13.8 Å². The lowest BCUT2D eigenvalue weighted by atomic mass is 9.95. The van der Waals surface area contributed by atoms with E-state index in [2.05, 4.69) is 54.0 Å². The summed E-state index contributed by atoms with van der Waals surface area (Å²) in [6, 6.07) is 26.8. The van der Waals surface area contributed by atoms with Crippen LogP contribution in [0.2, 0.25) is 0 Å². The summed E-state index contributed by atoms with van der Waals surface area (Å²) in [7, 11) is 0. The number of imide groups is 1. The third kappa shape index (κ3) is 5.55. The Hall–Kier alpha value is -3.44. The van der Waals surface area contributed by atoms with E-state index in [0.29, 0.717) is 6.54 Å². The van der Waals surface area contributed by atoms with Crippen molar-refractivity contribution in [3.63, 3.8) is 0 Å². The van der Waals surface area contributed by atoms with Gasteiger partial charge in [-0.3, -0.25) is 10.1 Å². The Kier molecular flexibility index (Phi) is 7.35. The molecule has 0 spiro atoms. The van der Waals surface area contributed by atoms with Crippen LogP contribution in [-0.2, 0) is 4.79 Å². The standard InChI is InChI=1S/C25H27N3O2/c1-3-26-25(30)28-24(29)23(20-12-8-5-9-13-20)27-22(19-10-6-4-7-11-19)21-16-14-18(2)15-17-21/h4-17,22-23,27H,3H2,1-2H3,(H2,26,28,29,30)/p+1/t22-,23+/m1/s1. The maximum atomic E-state index is 13.1. The Balaban J connectivity index is 1.96. The molecule has 0 unspecified atom stereocenters. The smallest absolute Gasteiger partial charge is 0.321 e. The van der Waals surface area contributed by atoms with E-state index in [1.807, 2.05) is 60.8 Å². The number of rotatable bonds is 7. The van der Waals surface area contributed by atoms with Crippen LogP contribution in [0.15, 0.2) is 84.9 Å². The minimum absolute atomic E-state index is 0.100. The lowest BCUT2D eigenvalue weighted by Crippen LogP contribution is -2.88. The van der Waals surface area contributed by atoms with Crippen LogP contribution in [0, 0.1) is 6.92 Å². The molecule has 0 saturated heterocycles. The van der Waals surface area contributed by atoms with Gasteiger partial charge in [-0.15, -0.1) is 0 Å². The zero-order chi connectivity index (χ0) is 21.3. The van der Waals surface area contributed by atoms with Crippen LogP contribution in [0.1, 0.15) is 41.3 Å². The predicted octanol–water partition coefficient (Wildman–Crippen LogP) is 3.23. The van der Waals surface area contributed by atoms with Crippen LogP contribution in [0.25, 0.3) is 0 Å². The summed E-state index contributed by atoms with van der Waals surface area (Å²) in [6.45, 7) is 4.32. The summed E-state index contributed by atoms with van der Waals surface area (Å²) in [5.74, 6) is -0.347. The first-order valence-electron chi connectivity index (χ1n) is 10.2. The zero-order valence-electron chi connectivity index (χ0n) is 17.3. The predicted molar refractivity (Wildman–Crippen MR) is 118 cm³/mol. The highest BCUT2D eigenvalue weighted by Gasteiger charge is 2.30. The quantitative estimate of drug-likeness (QED) is 0.568. The maximum Gasteiger partial charge on any atom is 0.321 e. The van der Waals surface area contributed by atoms with Gasteiger partial charge in [-0.2, -0.15) is 0 Å². The van der Waals surface area contributed by atoms with E-state index in [9.17, 15) is 9.59 Å². The highest BCUT2D eigenvalue weighted by molar-refractivity contribution is 5.96. The van der Waals surface area contributed by atoms with Gasteiger partial charge in [0.05, 0.1) is 0 Å². The van der Waals surface area contributed by atoms with Crippen LogP contribution in [0.4, 0.5) is 4.79 Å². The summed E-state index contributed by atoms with van der Waals surface area (Å²) in [5.41, 5.74) is 4.21. The number of nitrogens with two attached hydrogens (primary N) is 1. The molecule has 0 aliphatic carbocycles. The lowest BCUT2D eigenvalue weighted by molar-refractivity contribution is -0.713. The second-order valence-electron chi connectivity index (χ2n) is 7.23. The molecule has 154 valence electrons. The molecule has 0 heterocycles. The molecule has 0 fully saturated rings. The van der Waals surface area contributed by atoms with Gasteiger partial charge in [0.25, 0.3) is 5.91 Å². The van der Waals surface area contributed by atoms with Crippen LogP contribution >= 0.6 is 0 Å². The fourth-order valence-corrected chi connectivity index (χ4v) is 3.45. The zero-order valence-corrected chi connectivity index (χ0v) is 17.3. The lowest BCUT2D eigenvalue weighted by Gasteiger charge is -2.23. The molecule has 2 atom stereocenters. The summed E-state index contributed by atoms with van der Waals surface area (Å²) in [6.07, 6.45) is 0. The molecule has 5 nitrogen and oxygen atoms in total. The van der Waals surface area contributed by atoms with Gasteiger partial charge in [0.15, 0.2) is 6.04 Å². The number of carbonyl (C=O) groups is 2. The Morgan fingerprint density at radius 1 is 0.800 bits per heavy atom. The number of hydrogen-bond acceptors (Lipinski definition) is 2. The highest BCUT2D eigenvalue weighted by Crippen LogP contribution is 2.21. The number of urea groups is 1. The van der Waals surface area contributed by atoms with Crippen LogP contribution in [0.5, 0.6) is 0 Å². The molecule has 30 heavy (non-hydrogen) atoms. The molecule has 3 amide bonds. The van der Waals surface area contributed by atoms with E-state index in [0.717, 1.165) is 16.7 Å². The van der Waals surface area contributed by atoms with E-state index < -0.39 is 12.1 Å². The molecule has 0 saturated carbocycles. The molecule has 0 aliphatic heterocycles. The number of hydrogen-bond donors (Lipinski definition) is 3. The molecule has 3 aromatic carbocycles. The van der Waals surface area contributed by atoms with E-state index in [1.54, 1.807) is 0 Å². The third-order valence-electron chi connectivity index (χ3n) is 5.00. The normalized spacial score (nSPS) is 12.6. The molecule has 4 N–H and O–H groups in total. The molecule has 3 aromatic rings. The van der Waals surface area contributed by atoms with E-state index in [1.165, 1.54) is 5.56 Å². The van der Waals surface area contributed by atoms with Crippen molar-refractivity contribution in [3.8, 4) is 0 Å². The fourth-order valence-electron chi connectivity index (χ4n) is 3.45. The third-order valence-corrected chi connectivity index (χ3v) is 5.00. The van der Waals surface area contributed by atoms with Crippen molar-refractivity contribution in [1.29, 1.82) is 0 Å². The van der Waals surface area contributed by atoms with Gasteiger partial charge >= 0.3 is 6.03 Å². The van der Waals surface area contributed by atoms with Crippen molar-refractivity contribution in [2.45, 2.75) is 25.9 Å². The Morgan fingerprint density at radius 3 is 1.90 bits per heavy atom. The number of quaternary nitrogens is 1. The summed E-state index contributed by atoms with van der Waals surface area (Å²) < 4.78 is 0. The van der Waals surface area contributed by atoms with Gasteiger partial charge in [0, 0.05) is 23.2 Å². The molecular formula is C25H28N3O2+. The van der Waals surface area contributed by atoms with Gasteiger partial charge in [0.1, 0.15) is 6.04 Å². The van der Waals surface area contributed by atoms with E-state index >= 15 is 0 Å². The van der Waals surface area contributed by atoms with Crippen molar-refractivity contribution in [2.75, 3.05) is 6.54 Å². The second-order valence-corrected chi connectivity index (χ2v) is 7.23. The average molecular weight is 403 g/mol. The van der Waals surface area contributed by atoms with E-state index in [4.69, 9.17) is 0 Å². The SMILES string of the molecule is CCNC(=O)NC(=O)[C@@H]([NH2+][C@H](c1ccccc1)c1ccc(C)cc1)c1ccccc1. The number of carbonyl (C=O) groups excluding carboxylic acids is 2. The summed E-state index contributed by atoms with van der Waals surface area (Å²) >= 11 is 0. The van der Waals surface area contributed by atoms with E-state index in [-0.39, 0.29) is 11.9 Å². The van der Waals surface area contributed by atoms with Crippen molar-refractivity contribution in [3.05, 3.63) is 107 Å². The molecule has 0 aromatic heterocycles.